The zero-order chi connectivity index (χ0) is 10.1. The van der Waals surface area contributed by atoms with Gasteiger partial charge in [-0.05, 0) is 19.8 Å². The molecule has 2 rings (SSSR count). The number of hydrogen-bond acceptors (Lipinski definition) is 2. The van der Waals surface area contributed by atoms with Gasteiger partial charge in [-0.1, -0.05) is 12.2 Å². The van der Waals surface area contributed by atoms with Crippen molar-refractivity contribution in [2.24, 2.45) is 0 Å². The summed E-state index contributed by atoms with van der Waals surface area (Å²) in [6.07, 6.45) is 3.01. The number of nitrogens with zero attached hydrogens (tertiary/aromatic N) is 1. The summed E-state index contributed by atoms with van der Waals surface area (Å²) in [5, 5.41) is 3.42. The molecule has 0 aliphatic carbocycles. The van der Waals surface area contributed by atoms with Crippen LogP contribution in [0.5, 0.6) is 0 Å². The Hall–Kier alpha value is -0.830. The SMILES string of the molecule is C=C(C)CNC1CC(=O)N2CCCC12. The average molecular weight is 194 g/mol. The van der Waals surface area contributed by atoms with Crippen LogP contribution in [0.15, 0.2) is 12.2 Å². The van der Waals surface area contributed by atoms with Gasteiger partial charge in [-0.15, -0.1) is 0 Å². The molecule has 2 unspecified atom stereocenters. The molecule has 3 nitrogen and oxygen atoms in total. The van der Waals surface area contributed by atoms with Crippen molar-refractivity contribution in [1.82, 2.24) is 10.2 Å². The third kappa shape index (κ3) is 1.69. The Bertz CT molecular complexity index is 262. The summed E-state index contributed by atoms with van der Waals surface area (Å²) < 4.78 is 0. The van der Waals surface area contributed by atoms with E-state index in [1.165, 1.54) is 12.8 Å². The fraction of sp³-hybridized carbons (Fsp3) is 0.727. The van der Waals surface area contributed by atoms with Crippen LogP contribution in [0.4, 0.5) is 0 Å². The second-order valence-corrected chi connectivity index (χ2v) is 4.45. The Balaban J connectivity index is 1.93. The third-order valence-corrected chi connectivity index (χ3v) is 3.14. The van der Waals surface area contributed by atoms with Crippen molar-refractivity contribution in [1.29, 1.82) is 0 Å². The molecule has 78 valence electrons. The lowest BCUT2D eigenvalue weighted by atomic mass is 10.1. The van der Waals surface area contributed by atoms with E-state index in [-0.39, 0.29) is 0 Å². The van der Waals surface area contributed by atoms with Gasteiger partial charge >= 0.3 is 0 Å². The van der Waals surface area contributed by atoms with Crippen LogP contribution in [0, 0.1) is 0 Å². The maximum absolute atomic E-state index is 11.6. The Morgan fingerprint density at radius 2 is 2.50 bits per heavy atom. The minimum Gasteiger partial charge on any atom is -0.338 e. The molecule has 0 aromatic carbocycles. The normalized spacial score (nSPS) is 30.9. The first-order valence-corrected chi connectivity index (χ1v) is 5.35. The zero-order valence-electron chi connectivity index (χ0n) is 8.75. The summed E-state index contributed by atoms with van der Waals surface area (Å²) in [6.45, 7) is 7.67. The molecule has 3 heteroatoms. The van der Waals surface area contributed by atoms with Crippen molar-refractivity contribution in [3.05, 3.63) is 12.2 Å². The van der Waals surface area contributed by atoms with Crippen LogP contribution >= 0.6 is 0 Å². The van der Waals surface area contributed by atoms with Crippen LogP contribution < -0.4 is 5.32 Å². The first-order chi connectivity index (χ1) is 6.68. The molecule has 14 heavy (non-hydrogen) atoms. The number of carbonyl (C=O) groups is 1. The number of hydrogen-bond donors (Lipinski definition) is 1. The molecule has 2 saturated heterocycles. The molecule has 2 aliphatic heterocycles. The number of amides is 1. The van der Waals surface area contributed by atoms with Crippen molar-refractivity contribution in [3.63, 3.8) is 0 Å². The predicted octanol–water partition coefficient (Wildman–Crippen LogP) is 0.915. The van der Waals surface area contributed by atoms with Gasteiger partial charge in [-0.3, -0.25) is 4.79 Å². The average Bonchev–Trinajstić information content (AvgIpc) is 2.67. The Kier molecular flexibility index (Phi) is 2.59. The highest BCUT2D eigenvalue weighted by Crippen LogP contribution is 2.28. The van der Waals surface area contributed by atoms with Crippen molar-refractivity contribution in [3.8, 4) is 0 Å². The van der Waals surface area contributed by atoms with Crippen LogP contribution in [0.3, 0.4) is 0 Å². The highest BCUT2D eigenvalue weighted by Gasteiger charge is 2.41. The highest BCUT2D eigenvalue weighted by atomic mass is 16.2. The molecular weight excluding hydrogens is 176 g/mol. The lowest BCUT2D eigenvalue weighted by Gasteiger charge is -2.20. The molecule has 0 bridgehead atoms. The van der Waals surface area contributed by atoms with Gasteiger partial charge in [0.25, 0.3) is 0 Å². The summed E-state index contributed by atoms with van der Waals surface area (Å²) >= 11 is 0. The maximum atomic E-state index is 11.6. The summed E-state index contributed by atoms with van der Waals surface area (Å²) in [5.41, 5.74) is 1.13. The summed E-state index contributed by atoms with van der Waals surface area (Å²) in [6, 6.07) is 0.823. The molecule has 2 fully saturated rings. The number of nitrogens with one attached hydrogen (secondary N) is 1. The molecule has 0 saturated carbocycles. The lowest BCUT2D eigenvalue weighted by molar-refractivity contribution is -0.127. The third-order valence-electron chi connectivity index (χ3n) is 3.14. The van der Waals surface area contributed by atoms with E-state index in [1.54, 1.807) is 0 Å². The van der Waals surface area contributed by atoms with Crippen LogP contribution in [0.2, 0.25) is 0 Å². The molecule has 1 N–H and O–H groups in total. The molecule has 2 atom stereocenters. The molecular formula is C11H18N2O. The van der Waals surface area contributed by atoms with Gasteiger partial charge in [-0.2, -0.15) is 0 Å². The van der Waals surface area contributed by atoms with Gasteiger partial charge in [0.15, 0.2) is 0 Å². The largest absolute Gasteiger partial charge is 0.338 e. The van der Waals surface area contributed by atoms with E-state index in [4.69, 9.17) is 0 Å². The van der Waals surface area contributed by atoms with Crippen LogP contribution in [-0.4, -0.2) is 36.0 Å². The molecule has 2 aliphatic rings. The molecule has 0 radical (unpaired) electrons. The Labute approximate surface area is 85.2 Å². The Morgan fingerprint density at radius 1 is 1.71 bits per heavy atom. The predicted molar refractivity (Wildman–Crippen MR) is 56.0 cm³/mol. The molecule has 0 spiro atoms. The minimum atomic E-state index is 0.326. The van der Waals surface area contributed by atoms with Gasteiger partial charge in [0.1, 0.15) is 0 Å². The highest BCUT2D eigenvalue weighted by molar-refractivity contribution is 5.80. The van der Waals surface area contributed by atoms with E-state index in [2.05, 4.69) is 11.9 Å². The fourth-order valence-corrected chi connectivity index (χ4v) is 2.48. The van der Waals surface area contributed by atoms with Crippen molar-refractivity contribution in [2.75, 3.05) is 13.1 Å². The fourth-order valence-electron chi connectivity index (χ4n) is 2.48. The summed E-state index contributed by atoms with van der Waals surface area (Å²) in [5.74, 6) is 0.326. The Morgan fingerprint density at radius 3 is 3.21 bits per heavy atom. The first-order valence-electron chi connectivity index (χ1n) is 5.35. The molecule has 0 aromatic heterocycles. The van der Waals surface area contributed by atoms with E-state index < -0.39 is 0 Å². The van der Waals surface area contributed by atoms with Crippen LogP contribution in [0.1, 0.15) is 26.2 Å². The van der Waals surface area contributed by atoms with E-state index >= 15 is 0 Å². The summed E-state index contributed by atoms with van der Waals surface area (Å²) in [7, 11) is 0. The second kappa shape index (κ2) is 3.73. The van der Waals surface area contributed by atoms with Crippen LogP contribution in [0.25, 0.3) is 0 Å². The van der Waals surface area contributed by atoms with Crippen molar-refractivity contribution >= 4 is 5.91 Å². The van der Waals surface area contributed by atoms with E-state index in [1.807, 2.05) is 11.8 Å². The van der Waals surface area contributed by atoms with Crippen LogP contribution in [-0.2, 0) is 4.79 Å². The standard InChI is InChI=1S/C11H18N2O/c1-8(2)7-12-9-6-11(14)13-5-3-4-10(9)13/h9-10,12H,1,3-7H2,2H3. The van der Waals surface area contributed by atoms with Gasteiger partial charge in [0.2, 0.25) is 5.91 Å². The van der Waals surface area contributed by atoms with Gasteiger partial charge in [-0.25, -0.2) is 0 Å². The molecule has 0 aromatic rings. The lowest BCUT2D eigenvalue weighted by Crippen LogP contribution is -2.39. The quantitative estimate of drug-likeness (QED) is 0.677. The van der Waals surface area contributed by atoms with E-state index in [9.17, 15) is 4.79 Å². The van der Waals surface area contributed by atoms with E-state index in [0.717, 1.165) is 18.7 Å². The van der Waals surface area contributed by atoms with Crippen molar-refractivity contribution < 1.29 is 4.79 Å². The second-order valence-electron chi connectivity index (χ2n) is 4.45. The van der Waals surface area contributed by atoms with E-state index in [0.29, 0.717) is 24.4 Å². The maximum Gasteiger partial charge on any atom is 0.224 e. The topological polar surface area (TPSA) is 32.3 Å². The first kappa shape index (κ1) is 9.71. The molecule has 1 amide bonds. The van der Waals surface area contributed by atoms with Gasteiger partial charge in [0.05, 0.1) is 0 Å². The summed E-state index contributed by atoms with van der Waals surface area (Å²) in [4.78, 5) is 13.6. The minimum absolute atomic E-state index is 0.326. The van der Waals surface area contributed by atoms with Crippen molar-refractivity contribution in [2.45, 2.75) is 38.3 Å². The monoisotopic (exact) mass is 194 g/mol. The smallest absolute Gasteiger partial charge is 0.224 e. The van der Waals surface area contributed by atoms with Gasteiger partial charge < -0.3 is 10.2 Å². The number of rotatable bonds is 3. The van der Waals surface area contributed by atoms with Gasteiger partial charge in [0, 0.05) is 31.6 Å². The molecule has 2 heterocycles. The zero-order valence-corrected chi connectivity index (χ0v) is 8.75. The number of fused-ring (bicyclic) bond motifs is 1. The number of carbonyl (C=O) groups excluding carboxylic acids is 1.